The second-order valence-electron chi connectivity index (χ2n) is 6.45. The van der Waals surface area contributed by atoms with Crippen molar-refractivity contribution in [3.63, 3.8) is 0 Å². The molecule has 1 aromatic carbocycles. The second kappa shape index (κ2) is 10.2. The minimum atomic E-state index is -0.750. The molecule has 1 aliphatic heterocycles. The Morgan fingerprint density at radius 3 is 2.62 bits per heavy atom. The molecule has 2 heterocycles. The normalized spacial score (nSPS) is 15.4. The van der Waals surface area contributed by atoms with Gasteiger partial charge in [-0.3, -0.25) is 14.5 Å². The topological polar surface area (TPSA) is 89.1 Å². The number of anilines is 1. The van der Waals surface area contributed by atoms with Gasteiger partial charge >= 0.3 is 11.8 Å². The van der Waals surface area contributed by atoms with Crippen molar-refractivity contribution >= 4 is 28.8 Å². The van der Waals surface area contributed by atoms with Gasteiger partial charge in [-0.1, -0.05) is 0 Å². The van der Waals surface area contributed by atoms with E-state index in [4.69, 9.17) is 14.2 Å². The molecule has 1 unspecified atom stereocenters. The van der Waals surface area contributed by atoms with Gasteiger partial charge in [0.2, 0.25) is 0 Å². The molecule has 1 fully saturated rings. The van der Waals surface area contributed by atoms with Crippen LogP contribution in [-0.4, -0.2) is 63.8 Å². The Morgan fingerprint density at radius 2 is 1.97 bits per heavy atom. The zero-order chi connectivity index (χ0) is 20.6. The summed E-state index contributed by atoms with van der Waals surface area (Å²) in [5.41, 5.74) is 1.52. The fourth-order valence-electron chi connectivity index (χ4n) is 3.16. The highest BCUT2D eigenvalue weighted by molar-refractivity contribution is 7.08. The largest absolute Gasteiger partial charge is 0.497 e. The number of nitrogens with one attached hydrogen (secondary N) is 2. The summed E-state index contributed by atoms with van der Waals surface area (Å²) in [6.07, 6.45) is 0. The molecule has 3 rings (SSSR count). The molecule has 0 radical (unpaired) electrons. The first kappa shape index (κ1) is 21.1. The quantitative estimate of drug-likeness (QED) is 0.667. The van der Waals surface area contributed by atoms with Crippen molar-refractivity contribution < 1.29 is 23.8 Å². The number of hydrogen-bond donors (Lipinski definition) is 2. The Labute approximate surface area is 173 Å². The van der Waals surface area contributed by atoms with Crippen molar-refractivity contribution in [1.29, 1.82) is 0 Å². The zero-order valence-electron chi connectivity index (χ0n) is 16.5. The molecule has 2 amide bonds. The van der Waals surface area contributed by atoms with Gasteiger partial charge < -0.3 is 24.8 Å². The van der Waals surface area contributed by atoms with Crippen LogP contribution in [0.1, 0.15) is 11.6 Å². The Bertz CT molecular complexity index is 822. The summed E-state index contributed by atoms with van der Waals surface area (Å²) in [5, 5.41) is 9.41. The van der Waals surface area contributed by atoms with Crippen LogP contribution in [0.4, 0.5) is 5.69 Å². The maximum absolute atomic E-state index is 12.4. The molecule has 9 heteroatoms. The number of hydrogen-bond acceptors (Lipinski definition) is 7. The molecule has 29 heavy (non-hydrogen) atoms. The molecule has 1 aliphatic rings. The van der Waals surface area contributed by atoms with Gasteiger partial charge in [-0.2, -0.15) is 11.3 Å². The standard InChI is InChI=1S/C20H25N3O5S/c1-26-15-3-4-16(18(11-15)27-2)22-20(25)19(24)21-12-17(14-5-10-29-13-14)23-6-8-28-9-7-23/h3-5,10-11,13,17H,6-9,12H2,1-2H3,(H,21,24)(H,22,25). The fourth-order valence-corrected chi connectivity index (χ4v) is 3.87. The molecule has 1 atom stereocenters. The van der Waals surface area contributed by atoms with Gasteiger partial charge in [0.1, 0.15) is 11.5 Å². The van der Waals surface area contributed by atoms with Gasteiger partial charge in [-0.25, -0.2) is 0 Å². The van der Waals surface area contributed by atoms with E-state index in [0.29, 0.717) is 36.9 Å². The summed E-state index contributed by atoms with van der Waals surface area (Å²) in [6.45, 7) is 3.22. The Balaban J connectivity index is 1.62. The number of amides is 2. The van der Waals surface area contributed by atoms with Gasteiger partial charge in [0.25, 0.3) is 0 Å². The first-order valence-corrected chi connectivity index (χ1v) is 10.2. The lowest BCUT2D eigenvalue weighted by molar-refractivity contribution is -0.136. The minimum Gasteiger partial charge on any atom is -0.497 e. The zero-order valence-corrected chi connectivity index (χ0v) is 17.3. The van der Waals surface area contributed by atoms with Crippen molar-refractivity contribution in [2.45, 2.75) is 6.04 Å². The number of benzene rings is 1. The van der Waals surface area contributed by atoms with E-state index in [2.05, 4.69) is 20.9 Å². The summed E-state index contributed by atoms with van der Waals surface area (Å²) in [7, 11) is 3.02. The number of thiophene rings is 1. The van der Waals surface area contributed by atoms with Gasteiger partial charge in [-0.15, -0.1) is 0 Å². The highest BCUT2D eigenvalue weighted by Crippen LogP contribution is 2.29. The summed E-state index contributed by atoms with van der Waals surface area (Å²) in [6, 6.07) is 6.99. The van der Waals surface area contributed by atoms with Crippen LogP contribution in [0, 0.1) is 0 Å². The van der Waals surface area contributed by atoms with Crippen LogP contribution < -0.4 is 20.1 Å². The average molecular weight is 420 g/mol. The monoisotopic (exact) mass is 419 g/mol. The van der Waals surface area contributed by atoms with Crippen molar-refractivity contribution in [3.8, 4) is 11.5 Å². The van der Waals surface area contributed by atoms with Crippen molar-refractivity contribution in [3.05, 3.63) is 40.6 Å². The number of rotatable bonds is 7. The fraction of sp³-hybridized carbons (Fsp3) is 0.400. The lowest BCUT2D eigenvalue weighted by Gasteiger charge is -2.34. The maximum Gasteiger partial charge on any atom is 0.313 e. The molecule has 0 aliphatic carbocycles. The predicted molar refractivity (Wildman–Crippen MR) is 111 cm³/mol. The minimum absolute atomic E-state index is 0.00239. The van der Waals surface area contributed by atoms with Gasteiger partial charge in [0.05, 0.1) is 39.2 Å². The summed E-state index contributed by atoms with van der Waals surface area (Å²) in [5.74, 6) is -0.445. The van der Waals surface area contributed by atoms with E-state index < -0.39 is 11.8 Å². The van der Waals surface area contributed by atoms with E-state index in [-0.39, 0.29) is 6.04 Å². The van der Waals surface area contributed by atoms with Crippen LogP contribution in [0.2, 0.25) is 0 Å². The van der Waals surface area contributed by atoms with Crippen LogP contribution in [0.25, 0.3) is 0 Å². The summed E-state index contributed by atoms with van der Waals surface area (Å²) < 4.78 is 15.8. The van der Waals surface area contributed by atoms with E-state index in [1.165, 1.54) is 7.11 Å². The van der Waals surface area contributed by atoms with Crippen LogP contribution in [-0.2, 0) is 14.3 Å². The molecular weight excluding hydrogens is 394 g/mol. The molecular formula is C20H25N3O5S. The second-order valence-corrected chi connectivity index (χ2v) is 7.23. The molecule has 156 valence electrons. The van der Waals surface area contributed by atoms with Gasteiger partial charge in [0.15, 0.2) is 0 Å². The smallest absolute Gasteiger partial charge is 0.313 e. The Morgan fingerprint density at radius 1 is 1.17 bits per heavy atom. The third-order valence-corrected chi connectivity index (χ3v) is 5.43. The SMILES string of the molecule is COc1ccc(NC(=O)C(=O)NCC(c2ccsc2)N2CCOCC2)c(OC)c1. The van der Waals surface area contributed by atoms with Gasteiger partial charge in [0, 0.05) is 25.7 Å². The molecule has 8 nitrogen and oxygen atoms in total. The highest BCUT2D eigenvalue weighted by Gasteiger charge is 2.25. The number of nitrogens with zero attached hydrogens (tertiary/aromatic N) is 1. The Kier molecular flexibility index (Phi) is 7.45. The molecule has 2 aromatic rings. The third kappa shape index (κ3) is 5.47. The van der Waals surface area contributed by atoms with Crippen LogP contribution in [0.3, 0.4) is 0 Å². The summed E-state index contributed by atoms with van der Waals surface area (Å²) >= 11 is 1.61. The predicted octanol–water partition coefficient (Wildman–Crippen LogP) is 1.89. The average Bonchev–Trinajstić information content (AvgIpc) is 3.29. The number of ether oxygens (including phenoxy) is 3. The number of carbonyl (C=O) groups excluding carboxylic acids is 2. The highest BCUT2D eigenvalue weighted by atomic mass is 32.1. The number of carbonyl (C=O) groups is 2. The van der Waals surface area contributed by atoms with Gasteiger partial charge in [-0.05, 0) is 34.5 Å². The van der Waals surface area contributed by atoms with Crippen LogP contribution in [0.5, 0.6) is 11.5 Å². The van der Waals surface area contributed by atoms with Crippen molar-refractivity contribution in [2.75, 3.05) is 52.4 Å². The lowest BCUT2D eigenvalue weighted by atomic mass is 10.1. The molecule has 1 aromatic heterocycles. The molecule has 0 bridgehead atoms. The van der Waals surface area contributed by atoms with E-state index in [9.17, 15) is 9.59 Å². The van der Waals surface area contributed by atoms with Crippen LogP contribution in [0.15, 0.2) is 35.0 Å². The van der Waals surface area contributed by atoms with Crippen molar-refractivity contribution in [2.24, 2.45) is 0 Å². The summed E-state index contributed by atoms with van der Waals surface area (Å²) in [4.78, 5) is 27.0. The first-order chi connectivity index (χ1) is 14.1. The third-order valence-electron chi connectivity index (χ3n) is 4.73. The molecule has 1 saturated heterocycles. The maximum atomic E-state index is 12.4. The molecule has 2 N–H and O–H groups in total. The van der Waals surface area contributed by atoms with E-state index in [1.807, 2.05) is 11.4 Å². The van der Waals surface area contributed by atoms with Crippen LogP contribution >= 0.6 is 11.3 Å². The number of methoxy groups -OCH3 is 2. The van der Waals surface area contributed by atoms with Crippen molar-refractivity contribution in [1.82, 2.24) is 10.2 Å². The number of morpholine rings is 1. The Hall–Kier alpha value is -2.62. The molecule has 0 spiro atoms. The molecule has 0 saturated carbocycles. The lowest BCUT2D eigenvalue weighted by Crippen LogP contribution is -2.45. The van der Waals surface area contributed by atoms with E-state index in [1.54, 1.807) is 36.6 Å². The van der Waals surface area contributed by atoms with E-state index in [0.717, 1.165) is 18.7 Å². The van der Waals surface area contributed by atoms with E-state index >= 15 is 0 Å². The first-order valence-electron chi connectivity index (χ1n) is 9.27.